The fourth-order valence-electron chi connectivity index (χ4n) is 2.28. The van der Waals surface area contributed by atoms with Crippen molar-refractivity contribution in [1.29, 1.82) is 0 Å². The fourth-order valence-corrected chi connectivity index (χ4v) is 3.32. The molecule has 3 rings (SSSR count). The molecule has 0 amide bonds. The third kappa shape index (κ3) is 4.01. The van der Waals surface area contributed by atoms with E-state index in [1.54, 1.807) is 31.4 Å². The lowest BCUT2D eigenvalue weighted by Gasteiger charge is -2.09. The van der Waals surface area contributed by atoms with Crippen LogP contribution >= 0.6 is 0 Å². The number of nitrogens with one attached hydrogen (secondary N) is 3. The Labute approximate surface area is 143 Å². The van der Waals surface area contributed by atoms with Gasteiger partial charge in [-0.05, 0) is 42.5 Å². The summed E-state index contributed by atoms with van der Waals surface area (Å²) >= 11 is 0. The second-order valence-corrected chi connectivity index (χ2v) is 6.98. The van der Waals surface area contributed by atoms with Crippen molar-refractivity contribution in [1.82, 2.24) is 14.7 Å². The van der Waals surface area contributed by atoms with Crippen LogP contribution in [0.25, 0.3) is 11.0 Å². The van der Waals surface area contributed by atoms with Crippen LogP contribution in [0.3, 0.4) is 0 Å². The van der Waals surface area contributed by atoms with Gasteiger partial charge in [0, 0.05) is 6.54 Å². The molecule has 8 nitrogen and oxygen atoms in total. The molecule has 25 heavy (non-hydrogen) atoms. The zero-order valence-corrected chi connectivity index (χ0v) is 14.2. The van der Waals surface area contributed by atoms with Crippen LogP contribution in [0.15, 0.2) is 52.2 Å². The van der Waals surface area contributed by atoms with E-state index in [1.807, 2.05) is 0 Å². The van der Waals surface area contributed by atoms with Crippen molar-refractivity contribution in [3.63, 3.8) is 0 Å². The van der Waals surface area contributed by atoms with Crippen molar-refractivity contribution in [2.75, 3.05) is 20.3 Å². The molecule has 0 spiro atoms. The highest BCUT2D eigenvalue weighted by Crippen LogP contribution is 2.17. The summed E-state index contributed by atoms with van der Waals surface area (Å²) in [5, 5.41) is 0. The second kappa shape index (κ2) is 6.99. The largest absolute Gasteiger partial charge is 0.497 e. The van der Waals surface area contributed by atoms with Gasteiger partial charge in [0.25, 0.3) is 0 Å². The van der Waals surface area contributed by atoms with E-state index in [2.05, 4.69) is 14.7 Å². The Hall–Kier alpha value is -2.78. The van der Waals surface area contributed by atoms with Crippen LogP contribution in [-0.4, -0.2) is 38.6 Å². The minimum absolute atomic E-state index is 0.0692. The van der Waals surface area contributed by atoms with E-state index < -0.39 is 10.0 Å². The van der Waals surface area contributed by atoms with Crippen LogP contribution in [0.2, 0.25) is 0 Å². The highest BCUT2D eigenvalue weighted by Gasteiger charge is 2.14. The molecule has 3 N–H and O–H groups in total. The number of aromatic nitrogens is 2. The molecule has 0 saturated heterocycles. The number of aromatic amines is 2. The van der Waals surface area contributed by atoms with Gasteiger partial charge in [0.05, 0.1) is 23.0 Å². The Morgan fingerprint density at radius 3 is 2.40 bits per heavy atom. The van der Waals surface area contributed by atoms with Crippen LogP contribution < -0.4 is 19.9 Å². The first-order valence-corrected chi connectivity index (χ1v) is 8.95. The van der Waals surface area contributed by atoms with Gasteiger partial charge in [-0.1, -0.05) is 0 Å². The zero-order chi connectivity index (χ0) is 17.9. The Morgan fingerprint density at radius 1 is 1.00 bits per heavy atom. The molecule has 0 unspecified atom stereocenters. The first kappa shape index (κ1) is 17.1. The molecule has 0 atom stereocenters. The molecule has 0 bridgehead atoms. The number of hydrogen-bond acceptors (Lipinski definition) is 5. The van der Waals surface area contributed by atoms with E-state index in [1.165, 1.54) is 18.2 Å². The van der Waals surface area contributed by atoms with E-state index in [-0.39, 0.29) is 23.7 Å². The molecule has 9 heteroatoms. The van der Waals surface area contributed by atoms with Gasteiger partial charge in [0.2, 0.25) is 10.0 Å². The Bertz CT molecular complexity index is 1020. The number of sulfonamides is 1. The van der Waals surface area contributed by atoms with Gasteiger partial charge in [-0.2, -0.15) is 0 Å². The summed E-state index contributed by atoms with van der Waals surface area (Å²) in [4.78, 5) is 16.4. The van der Waals surface area contributed by atoms with E-state index in [0.29, 0.717) is 22.5 Å². The van der Waals surface area contributed by atoms with Crippen molar-refractivity contribution in [3.8, 4) is 11.5 Å². The third-order valence-corrected chi connectivity index (χ3v) is 4.98. The molecule has 1 heterocycles. The maximum absolute atomic E-state index is 12.3. The maximum atomic E-state index is 12.3. The summed E-state index contributed by atoms with van der Waals surface area (Å²) in [5.74, 6) is 1.33. The summed E-state index contributed by atoms with van der Waals surface area (Å²) in [5.41, 5.74) is 0.597. The molecule has 3 aromatic rings. The molecular weight excluding hydrogens is 346 g/mol. The van der Waals surface area contributed by atoms with Crippen LogP contribution in [0, 0.1) is 0 Å². The minimum atomic E-state index is -3.69. The van der Waals surface area contributed by atoms with Crippen LogP contribution in [0.4, 0.5) is 0 Å². The predicted molar refractivity (Wildman–Crippen MR) is 92.6 cm³/mol. The molecule has 1 aromatic heterocycles. The topological polar surface area (TPSA) is 113 Å². The van der Waals surface area contributed by atoms with E-state index >= 15 is 0 Å². The van der Waals surface area contributed by atoms with Crippen molar-refractivity contribution >= 4 is 21.1 Å². The predicted octanol–water partition coefficient (Wildman–Crippen LogP) is 1.22. The molecular formula is C16H17N3O5S. The van der Waals surface area contributed by atoms with Gasteiger partial charge in [-0.3, -0.25) is 0 Å². The number of methoxy groups -OCH3 is 1. The van der Waals surface area contributed by atoms with Crippen molar-refractivity contribution in [2.24, 2.45) is 0 Å². The van der Waals surface area contributed by atoms with Crippen molar-refractivity contribution in [3.05, 3.63) is 52.9 Å². The summed E-state index contributed by atoms with van der Waals surface area (Å²) in [7, 11) is -2.12. The van der Waals surface area contributed by atoms with Gasteiger partial charge in [-0.15, -0.1) is 0 Å². The summed E-state index contributed by atoms with van der Waals surface area (Å²) < 4.78 is 37.6. The summed E-state index contributed by atoms with van der Waals surface area (Å²) in [6.07, 6.45) is 0. The normalized spacial score (nSPS) is 11.6. The monoisotopic (exact) mass is 363 g/mol. The average molecular weight is 363 g/mol. The summed E-state index contributed by atoms with van der Waals surface area (Å²) in [6, 6.07) is 11.4. The Morgan fingerprint density at radius 2 is 1.68 bits per heavy atom. The molecule has 0 aliphatic heterocycles. The first-order chi connectivity index (χ1) is 12.0. The van der Waals surface area contributed by atoms with Crippen LogP contribution in [0.1, 0.15) is 0 Å². The number of imidazole rings is 1. The Balaban J connectivity index is 1.59. The molecule has 0 aliphatic rings. The third-order valence-electron chi connectivity index (χ3n) is 3.52. The number of benzene rings is 2. The van der Waals surface area contributed by atoms with Crippen LogP contribution in [0.5, 0.6) is 11.5 Å². The van der Waals surface area contributed by atoms with Crippen molar-refractivity contribution < 1.29 is 17.9 Å². The molecule has 2 aromatic carbocycles. The molecule has 0 saturated carbocycles. The quantitative estimate of drug-likeness (QED) is 0.546. The van der Waals surface area contributed by atoms with E-state index in [9.17, 15) is 13.2 Å². The number of H-pyrrole nitrogens is 2. The highest BCUT2D eigenvalue weighted by molar-refractivity contribution is 7.89. The molecule has 0 fully saturated rings. The van der Waals surface area contributed by atoms with Crippen molar-refractivity contribution in [2.45, 2.75) is 4.90 Å². The number of ether oxygens (including phenoxy) is 2. The zero-order valence-electron chi connectivity index (χ0n) is 13.4. The fraction of sp³-hybridized carbons (Fsp3) is 0.188. The molecule has 0 aliphatic carbocycles. The molecule has 132 valence electrons. The maximum Gasteiger partial charge on any atom is 0.323 e. The van der Waals surface area contributed by atoms with E-state index in [0.717, 1.165) is 0 Å². The van der Waals surface area contributed by atoms with Crippen LogP contribution in [-0.2, 0) is 10.0 Å². The lowest BCUT2D eigenvalue weighted by atomic mass is 10.3. The Kier molecular flexibility index (Phi) is 4.77. The summed E-state index contributed by atoms with van der Waals surface area (Å²) in [6.45, 7) is 0.283. The highest BCUT2D eigenvalue weighted by atomic mass is 32.2. The van der Waals surface area contributed by atoms with E-state index in [4.69, 9.17) is 9.47 Å². The first-order valence-electron chi connectivity index (χ1n) is 7.46. The van der Waals surface area contributed by atoms with Gasteiger partial charge in [0.1, 0.15) is 18.1 Å². The average Bonchev–Trinajstić information content (AvgIpc) is 2.98. The van der Waals surface area contributed by atoms with Gasteiger partial charge in [0.15, 0.2) is 0 Å². The lowest BCUT2D eigenvalue weighted by Crippen LogP contribution is -2.28. The lowest BCUT2D eigenvalue weighted by molar-refractivity contribution is 0.322. The van der Waals surface area contributed by atoms with Gasteiger partial charge in [-0.25, -0.2) is 17.9 Å². The second-order valence-electron chi connectivity index (χ2n) is 5.21. The van der Waals surface area contributed by atoms with Gasteiger partial charge >= 0.3 is 5.69 Å². The SMILES string of the molecule is COc1ccc(OCCNS(=O)(=O)c2ccc3[nH]c(=O)[nH]c3c2)cc1. The number of hydrogen-bond donors (Lipinski definition) is 3. The molecule has 0 radical (unpaired) electrons. The minimum Gasteiger partial charge on any atom is -0.497 e. The smallest absolute Gasteiger partial charge is 0.323 e. The number of rotatable bonds is 7. The van der Waals surface area contributed by atoms with Gasteiger partial charge < -0.3 is 19.4 Å². The number of fused-ring (bicyclic) bond motifs is 1. The standard InChI is InChI=1S/C16H17N3O5S/c1-23-11-2-4-12(5-3-11)24-9-8-17-25(21,22)13-6-7-14-15(10-13)19-16(20)18-14/h2-7,10,17H,8-9H2,1H3,(H2,18,19,20).